The van der Waals surface area contributed by atoms with Crippen LogP contribution in [0, 0.1) is 5.92 Å². The summed E-state index contributed by atoms with van der Waals surface area (Å²) in [6, 6.07) is 6.85. The van der Waals surface area contributed by atoms with Crippen molar-refractivity contribution in [2.45, 2.75) is 39.0 Å². The number of hydrogen-bond donors (Lipinski definition) is 0. The van der Waals surface area contributed by atoms with E-state index in [-0.39, 0.29) is 24.5 Å². The lowest BCUT2D eigenvalue weighted by Crippen LogP contribution is -2.26. The van der Waals surface area contributed by atoms with Crippen molar-refractivity contribution in [2.24, 2.45) is 5.92 Å². The Labute approximate surface area is 132 Å². The van der Waals surface area contributed by atoms with E-state index in [0.29, 0.717) is 0 Å². The first kappa shape index (κ1) is 19.0. The van der Waals surface area contributed by atoms with Crippen molar-refractivity contribution in [3.8, 4) is 0 Å². The maximum Gasteiger partial charge on any atom is 0.429 e. The van der Waals surface area contributed by atoms with E-state index in [2.05, 4.69) is 4.74 Å². The highest BCUT2D eigenvalue weighted by Gasteiger charge is 2.43. The van der Waals surface area contributed by atoms with Crippen LogP contribution in [0.5, 0.6) is 0 Å². The van der Waals surface area contributed by atoms with Gasteiger partial charge in [0, 0.05) is 5.56 Å². The molecule has 1 aromatic rings. The van der Waals surface area contributed by atoms with Gasteiger partial charge in [-0.25, -0.2) is 0 Å². The van der Waals surface area contributed by atoms with Gasteiger partial charge in [-0.15, -0.1) is 0 Å². The molecule has 0 fully saturated rings. The van der Waals surface area contributed by atoms with E-state index in [0.717, 1.165) is 0 Å². The Hall–Kier alpha value is -2.05. The SMILES string of the molecule is CC(C)COC(=O)CCC(=O)OC(c1ccccc1)C(F)(F)F. The number of carbonyl (C=O) groups excluding carboxylic acids is 2. The van der Waals surface area contributed by atoms with Crippen LogP contribution < -0.4 is 0 Å². The molecule has 0 aliphatic rings. The molecule has 0 aliphatic heterocycles. The highest BCUT2D eigenvalue weighted by molar-refractivity contribution is 5.77. The third-order valence-corrected chi connectivity index (χ3v) is 2.76. The Morgan fingerprint density at radius 2 is 1.61 bits per heavy atom. The Morgan fingerprint density at radius 1 is 1.04 bits per heavy atom. The minimum Gasteiger partial charge on any atom is -0.465 e. The standard InChI is InChI=1S/C16H19F3O4/c1-11(2)10-22-13(20)8-9-14(21)23-15(16(17,18)19)12-6-4-3-5-7-12/h3-7,11,15H,8-10H2,1-2H3. The molecular formula is C16H19F3O4. The van der Waals surface area contributed by atoms with E-state index in [1.54, 1.807) is 6.07 Å². The summed E-state index contributed by atoms with van der Waals surface area (Å²) in [6.07, 6.45) is -7.85. The Bertz CT molecular complexity index is 512. The van der Waals surface area contributed by atoms with E-state index >= 15 is 0 Å². The minimum atomic E-state index is -4.73. The van der Waals surface area contributed by atoms with Gasteiger partial charge in [0.25, 0.3) is 0 Å². The quantitative estimate of drug-likeness (QED) is 0.713. The smallest absolute Gasteiger partial charge is 0.429 e. The van der Waals surface area contributed by atoms with Gasteiger partial charge in [0.1, 0.15) is 0 Å². The van der Waals surface area contributed by atoms with Crippen LogP contribution in [0.25, 0.3) is 0 Å². The summed E-state index contributed by atoms with van der Waals surface area (Å²) in [4.78, 5) is 22.9. The molecule has 1 unspecified atom stereocenters. The van der Waals surface area contributed by atoms with Crippen LogP contribution >= 0.6 is 0 Å². The largest absolute Gasteiger partial charge is 0.465 e. The highest BCUT2D eigenvalue weighted by Crippen LogP contribution is 2.36. The number of halogens is 3. The summed E-state index contributed by atoms with van der Waals surface area (Å²) in [5.74, 6) is -1.60. The molecule has 0 heterocycles. The second kappa shape index (κ2) is 8.55. The van der Waals surface area contributed by atoms with Gasteiger partial charge in [-0.2, -0.15) is 13.2 Å². The van der Waals surface area contributed by atoms with Crippen molar-refractivity contribution < 1.29 is 32.2 Å². The number of ether oxygens (including phenoxy) is 2. The summed E-state index contributed by atoms with van der Waals surface area (Å²) in [5, 5.41) is 0. The normalized spacial score (nSPS) is 12.8. The van der Waals surface area contributed by atoms with Crippen molar-refractivity contribution in [3.05, 3.63) is 35.9 Å². The summed E-state index contributed by atoms with van der Waals surface area (Å²) in [5.41, 5.74) is -0.171. The van der Waals surface area contributed by atoms with Crippen molar-refractivity contribution in [3.63, 3.8) is 0 Å². The van der Waals surface area contributed by atoms with Crippen molar-refractivity contribution in [1.29, 1.82) is 0 Å². The predicted molar refractivity (Wildman–Crippen MR) is 76.4 cm³/mol. The molecule has 0 amide bonds. The van der Waals surface area contributed by atoms with Gasteiger partial charge < -0.3 is 9.47 Å². The summed E-state index contributed by atoms with van der Waals surface area (Å²) < 4.78 is 48.4. The van der Waals surface area contributed by atoms with Gasteiger partial charge in [-0.1, -0.05) is 44.2 Å². The van der Waals surface area contributed by atoms with E-state index in [9.17, 15) is 22.8 Å². The molecule has 0 saturated carbocycles. The fraction of sp³-hybridized carbons (Fsp3) is 0.500. The molecule has 128 valence electrons. The van der Waals surface area contributed by atoms with Gasteiger partial charge in [0.05, 0.1) is 19.4 Å². The first-order chi connectivity index (χ1) is 10.7. The minimum absolute atomic E-state index is 0.138. The van der Waals surface area contributed by atoms with Gasteiger partial charge in [-0.3, -0.25) is 9.59 Å². The fourth-order valence-corrected chi connectivity index (χ4v) is 1.68. The molecular weight excluding hydrogens is 313 g/mol. The molecule has 23 heavy (non-hydrogen) atoms. The van der Waals surface area contributed by atoms with Crippen LogP contribution in [0.2, 0.25) is 0 Å². The van der Waals surface area contributed by atoms with Crippen LogP contribution in [-0.4, -0.2) is 24.7 Å². The molecule has 1 rings (SSSR count). The number of esters is 2. The van der Waals surface area contributed by atoms with Crippen LogP contribution in [0.15, 0.2) is 30.3 Å². The number of alkyl halides is 3. The first-order valence-electron chi connectivity index (χ1n) is 7.17. The number of rotatable bonds is 7. The van der Waals surface area contributed by atoms with E-state index in [4.69, 9.17) is 4.74 Å². The molecule has 4 nitrogen and oxygen atoms in total. The maximum absolute atomic E-state index is 13.0. The van der Waals surface area contributed by atoms with Crippen LogP contribution in [0.4, 0.5) is 13.2 Å². The van der Waals surface area contributed by atoms with Crippen LogP contribution in [0.3, 0.4) is 0 Å². The van der Waals surface area contributed by atoms with E-state index in [1.165, 1.54) is 24.3 Å². The second-order valence-corrected chi connectivity index (χ2v) is 5.40. The molecule has 0 aromatic heterocycles. The lowest BCUT2D eigenvalue weighted by atomic mass is 10.1. The molecule has 0 spiro atoms. The average molecular weight is 332 g/mol. The summed E-state index contributed by atoms with van der Waals surface area (Å²) in [6.45, 7) is 3.88. The zero-order valence-electron chi connectivity index (χ0n) is 12.9. The fourth-order valence-electron chi connectivity index (χ4n) is 1.68. The highest BCUT2D eigenvalue weighted by atomic mass is 19.4. The average Bonchev–Trinajstić information content (AvgIpc) is 2.48. The predicted octanol–water partition coefficient (Wildman–Crippen LogP) is 3.81. The molecule has 0 radical (unpaired) electrons. The number of hydrogen-bond acceptors (Lipinski definition) is 4. The van der Waals surface area contributed by atoms with Crippen molar-refractivity contribution in [1.82, 2.24) is 0 Å². The molecule has 1 atom stereocenters. The van der Waals surface area contributed by atoms with E-state index in [1.807, 2.05) is 13.8 Å². The first-order valence-corrected chi connectivity index (χ1v) is 7.17. The van der Waals surface area contributed by atoms with Crippen molar-refractivity contribution in [2.75, 3.05) is 6.61 Å². The maximum atomic E-state index is 13.0. The molecule has 0 saturated heterocycles. The molecule has 7 heteroatoms. The topological polar surface area (TPSA) is 52.6 Å². The van der Waals surface area contributed by atoms with E-state index < -0.39 is 30.6 Å². The summed E-state index contributed by atoms with van der Waals surface area (Å²) in [7, 11) is 0. The monoisotopic (exact) mass is 332 g/mol. The lowest BCUT2D eigenvalue weighted by molar-refractivity contribution is -0.224. The lowest BCUT2D eigenvalue weighted by Gasteiger charge is -2.21. The molecule has 0 aliphatic carbocycles. The van der Waals surface area contributed by atoms with Gasteiger partial charge in [0.15, 0.2) is 0 Å². The summed E-state index contributed by atoms with van der Waals surface area (Å²) >= 11 is 0. The second-order valence-electron chi connectivity index (χ2n) is 5.40. The van der Waals surface area contributed by atoms with Gasteiger partial charge in [-0.05, 0) is 5.92 Å². The van der Waals surface area contributed by atoms with Gasteiger partial charge in [0.2, 0.25) is 6.10 Å². The third kappa shape index (κ3) is 7.17. The zero-order valence-corrected chi connectivity index (χ0v) is 12.9. The van der Waals surface area contributed by atoms with Gasteiger partial charge >= 0.3 is 18.1 Å². The molecule has 0 N–H and O–H groups in total. The number of benzene rings is 1. The van der Waals surface area contributed by atoms with Crippen LogP contribution in [-0.2, 0) is 19.1 Å². The Balaban J connectivity index is 2.57. The Kier molecular flexibility index (Phi) is 7.06. The Morgan fingerprint density at radius 3 is 2.13 bits per heavy atom. The van der Waals surface area contributed by atoms with Crippen LogP contribution in [0.1, 0.15) is 38.4 Å². The number of carbonyl (C=O) groups is 2. The zero-order chi connectivity index (χ0) is 17.5. The molecule has 1 aromatic carbocycles. The third-order valence-electron chi connectivity index (χ3n) is 2.76. The molecule has 0 bridgehead atoms. The van der Waals surface area contributed by atoms with Crippen molar-refractivity contribution >= 4 is 11.9 Å².